The van der Waals surface area contributed by atoms with E-state index in [0.29, 0.717) is 0 Å². The van der Waals surface area contributed by atoms with Crippen LogP contribution < -0.4 is 0 Å². The predicted molar refractivity (Wildman–Crippen MR) is 98.5 cm³/mol. The van der Waals surface area contributed by atoms with Crippen LogP contribution >= 0.6 is 0 Å². The van der Waals surface area contributed by atoms with Crippen LogP contribution in [0.2, 0.25) is 0 Å². The molecule has 0 bridgehead atoms. The quantitative estimate of drug-likeness (QED) is 0.573. The lowest BCUT2D eigenvalue weighted by atomic mass is 9.79. The molecule has 0 spiro atoms. The van der Waals surface area contributed by atoms with Crippen LogP contribution in [-0.4, -0.2) is 0 Å². The van der Waals surface area contributed by atoms with Gasteiger partial charge in [0.25, 0.3) is 0 Å². The molecule has 2 rings (SSSR count). The molecule has 0 aliphatic carbocycles. The lowest BCUT2D eigenvalue weighted by Crippen LogP contribution is -2.16. The van der Waals surface area contributed by atoms with Crippen LogP contribution in [0.5, 0.6) is 0 Å². The lowest BCUT2D eigenvalue weighted by Gasteiger charge is -2.25. The maximum absolute atomic E-state index is 2.36. The van der Waals surface area contributed by atoms with Crippen molar-refractivity contribution in [3.63, 3.8) is 0 Å². The van der Waals surface area contributed by atoms with E-state index in [1.807, 2.05) is 0 Å². The summed E-state index contributed by atoms with van der Waals surface area (Å²) in [7, 11) is 0. The smallest absolute Gasteiger partial charge is 0.0106 e. The van der Waals surface area contributed by atoms with Crippen molar-refractivity contribution in [1.82, 2.24) is 0 Å². The maximum Gasteiger partial charge on any atom is -0.0106 e. The van der Waals surface area contributed by atoms with Crippen LogP contribution in [-0.2, 0) is 10.8 Å². The van der Waals surface area contributed by atoms with Gasteiger partial charge in [-0.1, -0.05) is 90.1 Å². The molecule has 0 atom stereocenters. The topological polar surface area (TPSA) is 0 Å². The summed E-state index contributed by atoms with van der Waals surface area (Å²) in [6.45, 7) is 13.8. The van der Waals surface area contributed by atoms with E-state index < -0.39 is 0 Å². The van der Waals surface area contributed by atoms with Crippen molar-refractivity contribution in [3.05, 3.63) is 59.7 Å². The molecule has 2 aromatic rings. The molecule has 2 aromatic carbocycles. The van der Waals surface area contributed by atoms with Crippen molar-refractivity contribution in [1.29, 1.82) is 0 Å². The fraction of sp³-hybridized carbons (Fsp3) is 0.455. The molecular weight excluding hydrogens is 264 g/mol. The van der Waals surface area contributed by atoms with E-state index in [9.17, 15) is 0 Å². The Morgan fingerprint density at radius 3 is 1.32 bits per heavy atom. The molecule has 0 saturated heterocycles. The first-order valence-corrected chi connectivity index (χ1v) is 8.51. The maximum atomic E-state index is 2.36. The van der Waals surface area contributed by atoms with Gasteiger partial charge in [-0.15, -0.1) is 0 Å². The first-order valence-electron chi connectivity index (χ1n) is 8.51. The minimum atomic E-state index is 0.232. The molecule has 0 N–H and O–H groups in total. The Hall–Kier alpha value is -1.56. The van der Waals surface area contributed by atoms with Crippen LogP contribution in [0.25, 0.3) is 11.1 Å². The second-order valence-corrected chi connectivity index (χ2v) is 7.64. The first kappa shape index (κ1) is 16.8. The number of rotatable bonds is 5. The third-order valence-corrected chi connectivity index (χ3v) is 5.39. The number of hydrogen-bond donors (Lipinski definition) is 0. The highest BCUT2D eigenvalue weighted by molar-refractivity contribution is 5.65. The van der Waals surface area contributed by atoms with Gasteiger partial charge in [0.2, 0.25) is 0 Å². The van der Waals surface area contributed by atoms with Gasteiger partial charge in [-0.3, -0.25) is 0 Å². The van der Waals surface area contributed by atoms with Gasteiger partial charge in [0.15, 0.2) is 0 Å². The average Bonchev–Trinajstić information content (AvgIpc) is 2.55. The van der Waals surface area contributed by atoms with Crippen LogP contribution in [0, 0.1) is 0 Å². The largest absolute Gasteiger partial charge is 0.0646 e. The zero-order chi connectivity index (χ0) is 16.4. The standard InChI is InChI=1S/C22H30/c1-7-21(3,4)19-13-9-11-17(15-19)18-12-10-14-20(16-18)22(5,6)8-2/h9-16H,7-8H2,1-6H3. The second-order valence-electron chi connectivity index (χ2n) is 7.64. The molecule has 0 fully saturated rings. The molecule has 118 valence electrons. The molecule has 0 heteroatoms. The fourth-order valence-electron chi connectivity index (χ4n) is 2.65. The van der Waals surface area contributed by atoms with Crippen molar-refractivity contribution in [2.75, 3.05) is 0 Å². The second kappa shape index (κ2) is 6.28. The highest BCUT2D eigenvalue weighted by Gasteiger charge is 2.20. The minimum absolute atomic E-state index is 0.232. The summed E-state index contributed by atoms with van der Waals surface area (Å²) in [5.41, 5.74) is 5.97. The van der Waals surface area contributed by atoms with E-state index in [4.69, 9.17) is 0 Å². The third kappa shape index (κ3) is 3.43. The molecule has 0 amide bonds. The first-order chi connectivity index (χ1) is 10.3. The average molecular weight is 294 g/mol. The molecule has 22 heavy (non-hydrogen) atoms. The van der Waals surface area contributed by atoms with Crippen LogP contribution in [0.3, 0.4) is 0 Å². The summed E-state index contributed by atoms with van der Waals surface area (Å²) < 4.78 is 0. The van der Waals surface area contributed by atoms with Gasteiger partial charge in [-0.05, 0) is 45.9 Å². The Morgan fingerprint density at radius 1 is 0.636 bits per heavy atom. The number of hydrogen-bond acceptors (Lipinski definition) is 0. The molecule has 0 radical (unpaired) electrons. The predicted octanol–water partition coefficient (Wildman–Crippen LogP) is 6.73. The van der Waals surface area contributed by atoms with E-state index in [-0.39, 0.29) is 10.8 Å². The summed E-state index contributed by atoms with van der Waals surface area (Å²) in [5.74, 6) is 0. The van der Waals surface area contributed by atoms with Gasteiger partial charge < -0.3 is 0 Å². The van der Waals surface area contributed by atoms with Crippen molar-refractivity contribution < 1.29 is 0 Å². The van der Waals surface area contributed by atoms with Crippen molar-refractivity contribution in [2.24, 2.45) is 0 Å². The molecule has 0 aliphatic heterocycles. The van der Waals surface area contributed by atoms with Gasteiger partial charge >= 0.3 is 0 Å². The number of benzene rings is 2. The van der Waals surface area contributed by atoms with Gasteiger partial charge in [-0.25, -0.2) is 0 Å². The monoisotopic (exact) mass is 294 g/mol. The van der Waals surface area contributed by atoms with Gasteiger partial charge in [-0.2, -0.15) is 0 Å². The molecule has 0 nitrogen and oxygen atoms in total. The lowest BCUT2D eigenvalue weighted by molar-refractivity contribution is 0.506. The molecule has 0 heterocycles. The minimum Gasteiger partial charge on any atom is -0.0646 e. The van der Waals surface area contributed by atoms with Gasteiger partial charge in [0, 0.05) is 0 Å². The molecule has 0 aliphatic rings. The van der Waals surface area contributed by atoms with E-state index in [0.717, 1.165) is 12.8 Å². The van der Waals surface area contributed by atoms with Crippen molar-refractivity contribution >= 4 is 0 Å². The highest BCUT2D eigenvalue weighted by atomic mass is 14.2. The van der Waals surface area contributed by atoms with E-state index in [2.05, 4.69) is 90.1 Å². The summed E-state index contributed by atoms with van der Waals surface area (Å²) in [5, 5.41) is 0. The van der Waals surface area contributed by atoms with Gasteiger partial charge in [0.1, 0.15) is 0 Å². The zero-order valence-corrected chi connectivity index (χ0v) is 15.0. The Balaban J connectivity index is 2.45. The molecule has 0 saturated carbocycles. The van der Waals surface area contributed by atoms with Crippen molar-refractivity contribution in [3.8, 4) is 11.1 Å². The van der Waals surface area contributed by atoms with E-state index >= 15 is 0 Å². The van der Waals surface area contributed by atoms with E-state index in [1.165, 1.54) is 22.3 Å². The summed E-state index contributed by atoms with van der Waals surface area (Å²) in [6, 6.07) is 18.1. The van der Waals surface area contributed by atoms with Gasteiger partial charge in [0.05, 0.1) is 0 Å². The zero-order valence-electron chi connectivity index (χ0n) is 15.0. The summed E-state index contributed by atoms with van der Waals surface area (Å²) in [6.07, 6.45) is 2.30. The fourth-order valence-corrected chi connectivity index (χ4v) is 2.65. The normalized spacial score (nSPS) is 12.5. The van der Waals surface area contributed by atoms with E-state index in [1.54, 1.807) is 0 Å². The Bertz CT molecular complexity index is 574. The van der Waals surface area contributed by atoms with Crippen LogP contribution in [0.4, 0.5) is 0 Å². The van der Waals surface area contributed by atoms with Crippen LogP contribution in [0.1, 0.15) is 65.5 Å². The highest BCUT2D eigenvalue weighted by Crippen LogP contribution is 2.33. The van der Waals surface area contributed by atoms with Crippen molar-refractivity contribution in [2.45, 2.75) is 65.2 Å². The molecule has 0 unspecified atom stereocenters. The summed E-state index contributed by atoms with van der Waals surface area (Å²) >= 11 is 0. The van der Waals surface area contributed by atoms with Crippen LogP contribution in [0.15, 0.2) is 48.5 Å². The molecule has 0 aromatic heterocycles. The Kier molecular flexibility index (Phi) is 4.80. The Morgan fingerprint density at radius 2 is 1.00 bits per heavy atom. The summed E-state index contributed by atoms with van der Waals surface area (Å²) in [4.78, 5) is 0. The molecular formula is C22H30. The SMILES string of the molecule is CCC(C)(C)c1cccc(-c2cccc(C(C)(C)CC)c2)c1. The third-order valence-electron chi connectivity index (χ3n) is 5.39. The Labute approximate surface area is 136 Å².